The van der Waals surface area contributed by atoms with Gasteiger partial charge in [0.25, 0.3) is 0 Å². The van der Waals surface area contributed by atoms with E-state index >= 15 is 0 Å². The van der Waals surface area contributed by atoms with Crippen molar-refractivity contribution in [1.29, 1.82) is 5.26 Å². The summed E-state index contributed by atoms with van der Waals surface area (Å²) < 4.78 is 5.45. The van der Waals surface area contributed by atoms with Crippen LogP contribution in [0.15, 0.2) is 60.7 Å². The molecule has 0 bridgehead atoms. The molecule has 0 aromatic heterocycles. The monoisotopic (exact) mass is 320 g/mol. The summed E-state index contributed by atoms with van der Waals surface area (Å²) in [6.45, 7) is 0.857. The summed E-state index contributed by atoms with van der Waals surface area (Å²) >= 11 is 0. The number of ether oxygens (including phenoxy) is 1. The molecule has 24 heavy (non-hydrogen) atoms. The SMILES string of the molecule is N#CC[C@@H]1C[C@@H](c2ccccc2)CN1C(=O)OCc1ccccc1. The summed E-state index contributed by atoms with van der Waals surface area (Å²) in [6, 6.07) is 21.9. The average molecular weight is 320 g/mol. The maximum absolute atomic E-state index is 12.5. The molecule has 0 radical (unpaired) electrons. The Hall–Kier alpha value is -2.80. The van der Waals surface area contributed by atoms with Gasteiger partial charge in [-0.05, 0) is 17.5 Å². The van der Waals surface area contributed by atoms with Gasteiger partial charge in [0.2, 0.25) is 0 Å². The first-order chi connectivity index (χ1) is 11.8. The van der Waals surface area contributed by atoms with E-state index < -0.39 is 0 Å². The fourth-order valence-electron chi connectivity index (χ4n) is 3.21. The first-order valence-electron chi connectivity index (χ1n) is 8.17. The first-order valence-corrected chi connectivity index (χ1v) is 8.17. The van der Waals surface area contributed by atoms with Crippen molar-refractivity contribution in [3.8, 4) is 6.07 Å². The number of benzene rings is 2. The van der Waals surface area contributed by atoms with Crippen molar-refractivity contribution in [3.05, 3.63) is 71.8 Å². The zero-order chi connectivity index (χ0) is 16.8. The fraction of sp³-hybridized carbons (Fsp3) is 0.300. The lowest BCUT2D eigenvalue weighted by Gasteiger charge is -2.22. The molecule has 1 aliphatic heterocycles. The van der Waals surface area contributed by atoms with E-state index in [1.165, 1.54) is 5.56 Å². The second-order valence-electron chi connectivity index (χ2n) is 6.05. The van der Waals surface area contributed by atoms with E-state index in [4.69, 9.17) is 10.00 Å². The Morgan fingerprint density at radius 1 is 1.12 bits per heavy atom. The highest BCUT2D eigenvalue weighted by Gasteiger charge is 2.36. The number of rotatable bonds is 4. The lowest BCUT2D eigenvalue weighted by atomic mass is 9.96. The molecule has 4 heteroatoms. The molecule has 4 nitrogen and oxygen atoms in total. The predicted molar refractivity (Wildman–Crippen MR) is 91.2 cm³/mol. The second-order valence-corrected chi connectivity index (χ2v) is 6.05. The minimum atomic E-state index is -0.336. The molecule has 1 amide bonds. The molecule has 2 aromatic rings. The van der Waals surface area contributed by atoms with Crippen LogP contribution in [0.4, 0.5) is 4.79 Å². The summed E-state index contributed by atoms with van der Waals surface area (Å²) in [5.74, 6) is 0.258. The van der Waals surface area contributed by atoms with Crippen LogP contribution in [0.5, 0.6) is 0 Å². The van der Waals surface area contributed by atoms with Crippen molar-refractivity contribution in [1.82, 2.24) is 4.90 Å². The lowest BCUT2D eigenvalue weighted by Crippen LogP contribution is -2.35. The van der Waals surface area contributed by atoms with Crippen molar-refractivity contribution in [2.75, 3.05) is 6.54 Å². The molecular formula is C20H20N2O2. The summed E-state index contributed by atoms with van der Waals surface area (Å²) in [7, 11) is 0. The molecule has 0 N–H and O–H groups in total. The van der Waals surface area contributed by atoms with Crippen LogP contribution in [0.2, 0.25) is 0 Å². The van der Waals surface area contributed by atoms with Crippen LogP contribution in [0.3, 0.4) is 0 Å². The number of carbonyl (C=O) groups excluding carboxylic acids is 1. The van der Waals surface area contributed by atoms with Crippen LogP contribution in [0.1, 0.15) is 29.9 Å². The normalized spacial score (nSPS) is 19.7. The molecule has 0 spiro atoms. The van der Waals surface area contributed by atoms with E-state index in [-0.39, 0.29) is 24.7 Å². The van der Waals surface area contributed by atoms with Crippen LogP contribution in [-0.4, -0.2) is 23.6 Å². The first kappa shape index (κ1) is 16.1. The molecule has 1 fully saturated rings. The topological polar surface area (TPSA) is 53.3 Å². The summed E-state index contributed by atoms with van der Waals surface area (Å²) in [5, 5.41) is 9.06. The Morgan fingerprint density at radius 3 is 2.46 bits per heavy atom. The molecule has 0 aliphatic carbocycles. The van der Waals surface area contributed by atoms with E-state index in [2.05, 4.69) is 18.2 Å². The zero-order valence-corrected chi connectivity index (χ0v) is 13.5. The van der Waals surface area contributed by atoms with Gasteiger partial charge in [0.05, 0.1) is 12.5 Å². The van der Waals surface area contributed by atoms with Gasteiger partial charge in [-0.3, -0.25) is 0 Å². The van der Waals surface area contributed by atoms with Gasteiger partial charge in [-0.25, -0.2) is 4.79 Å². The van der Waals surface area contributed by atoms with Crippen molar-refractivity contribution < 1.29 is 9.53 Å². The van der Waals surface area contributed by atoms with Crippen molar-refractivity contribution >= 4 is 6.09 Å². The smallest absolute Gasteiger partial charge is 0.410 e. The van der Waals surface area contributed by atoms with E-state index in [1.807, 2.05) is 48.5 Å². The van der Waals surface area contributed by atoms with Crippen LogP contribution in [-0.2, 0) is 11.3 Å². The van der Waals surface area contributed by atoms with Gasteiger partial charge in [0.15, 0.2) is 0 Å². The highest BCUT2D eigenvalue weighted by Crippen LogP contribution is 2.33. The van der Waals surface area contributed by atoms with Gasteiger partial charge < -0.3 is 9.64 Å². The molecular weight excluding hydrogens is 300 g/mol. The Labute approximate surface area is 142 Å². The molecule has 2 aromatic carbocycles. The number of carbonyl (C=O) groups is 1. The highest BCUT2D eigenvalue weighted by molar-refractivity contribution is 5.69. The second kappa shape index (κ2) is 7.65. The average Bonchev–Trinajstić information content (AvgIpc) is 3.06. The van der Waals surface area contributed by atoms with Gasteiger partial charge in [-0.15, -0.1) is 0 Å². The number of amides is 1. The van der Waals surface area contributed by atoms with E-state index in [0.29, 0.717) is 13.0 Å². The maximum Gasteiger partial charge on any atom is 0.410 e. The minimum absolute atomic E-state index is 0.0801. The Morgan fingerprint density at radius 2 is 1.79 bits per heavy atom. The molecule has 1 saturated heterocycles. The van der Waals surface area contributed by atoms with Gasteiger partial charge >= 0.3 is 6.09 Å². The molecule has 0 saturated carbocycles. The summed E-state index contributed by atoms with van der Waals surface area (Å²) in [5.41, 5.74) is 2.17. The number of hydrogen-bond donors (Lipinski definition) is 0. The van der Waals surface area contributed by atoms with E-state index in [9.17, 15) is 4.79 Å². The molecule has 1 aliphatic rings. The zero-order valence-electron chi connectivity index (χ0n) is 13.5. The highest BCUT2D eigenvalue weighted by atomic mass is 16.6. The van der Waals surface area contributed by atoms with Crippen LogP contribution in [0, 0.1) is 11.3 Å². The van der Waals surface area contributed by atoms with Gasteiger partial charge in [0.1, 0.15) is 6.61 Å². The van der Waals surface area contributed by atoms with Gasteiger partial charge in [-0.1, -0.05) is 60.7 Å². The van der Waals surface area contributed by atoms with Crippen molar-refractivity contribution in [3.63, 3.8) is 0 Å². The number of likely N-dealkylation sites (tertiary alicyclic amines) is 1. The molecule has 1 heterocycles. The van der Waals surface area contributed by atoms with Crippen LogP contribution >= 0.6 is 0 Å². The Balaban J connectivity index is 1.66. The largest absolute Gasteiger partial charge is 0.445 e. The third-order valence-corrected chi connectivity index (χ3v) is 4.45. The maximum atomic E-state index is 12.5. The quantitative estimate of drug-likeness (QED) is 0.852. The van der Waals surface area contributed by atoms with Crippen molar-refractivity contribution in [2.24, 2.45) is 0 Å². The van der Waals surface area contributed by atoms with E-state index in [1.54, 1.807) is 4.90 Å². The van der Waals surface area contributed by atoms with Gasteiger partial charge in [0, 0.05) is 18.5 Å². The predicted octanol–water partition coefficient (Wildman–Crippen LogP) is 4.09. The fourth-order valence-corrected chi connectivity index (χ4v) is 3.21. The summed E-state index contributed by atoms with van der Waals surface area (Å²) in [4.78, 5) is 14.2. The Bertz CT molecular complexity index is 709. The van der Waals surface area contributed by atoms with Crippen LogP contribution in [0.25, 0.3) is 0 Å². The van der Waals surface area contributed by atoms with E-state index in [0.717, 1.165) is 12.0 Å². The Kier molecular flexibility index (Phi) is 5.12. The number of hydrogen-bond acceptors (Lipinski definition) is 3. The number of nitriles is 1. The van der Waals surface area contributed by atoms with Gasteiger partial charge in [-0.2, -0.15) is 5.26 Å². The number of nitrogens with zero attached hydrogens (tertiary/aromatic N) is 2. The molecule has 2 atom stereocenters. The molecule has 3 rings (SSSR count). The van der Waals surface area contributed by atoms with Crippen molar-refractivity contribution in [2.45, 2.75) is 31.4 Å². The summed E-state index contributed by atoms with van der Waals surface area (Å²) in [6.07, 6.45) is 0.805. The lowest BCUT2D eigenvalue weighted by molar-refractivity contribution is 0.0924. The van der Waals surface area contributed by atoms with Crippen LogP contribution < -0.4 is 0 Å². The minimum Gasteiger partial charge on any atom is -0.445 e. The third kappa shape index (κ3) is 3.75. The standard InChI is InChI=1S/C20H20N2O2/c21-12-11-19-13-18(17-9-5-2-6-10-17)14-22(19)20(23)24-15-16-7-3-1-4-8-16/h1-10,18-19H,11,13-15H2/t18-,19-/m1/s1. The third-order valence-electron chi connectivity index (χ3n) is 4.45. The molecule has 122 valence electrons. The molecule has 0 unspecified atom stereocenters.